The summed E-state index contributed by atoms with van der Waals surface area (Å²) in [5.41, 5.74) is 1.01. The third-order valence-corrected chi connectivity index (χ3v) is 3.26. The van der Waals surface area contributed by atoms with Crippen molar-refractivity contribution < 1.29 is 4.42 Å². The van der Waals surface area contributed by atoms with Crippen LogP contribution in [-0.4, -0.2) is 37.1 Å². The van der Waals surface area contributed by atoms with Crippen LogP contribution in [0.5, 0.6) is 0 Å². The van der Waals surface area contributed by atoms with Gasteiger partial charge in [0.2, 0.25) is 0 Å². The van der Waals surface area contributed by atoms with E-state index in [1.165, 1.54) is 25.9 Å². The summed E-state index contributed by atoms with van der Waals surface area (Å²) in [5, 5.41) is 3.08. The first kappa shape index (κ1) is 11.6. The van der Waals surface area contributed by atoms with Gasteiger partial charge < -0.3 is 14.6 Å². The Hall–Kier alpha value is -0.870. The first-order valence-corrected chi connectivity index (χ1v) is 6.04. The quantitative estimate of drug-likeness (QED) is 0.835. The number of nitrogens with one attached hydrogen (secondary N) is 1. The van der Waals surface area contributed by atoms with Crippen molar-refractivity contribution in [1.82, 2.24) is 15.2 Å². The van der Waals surface area contributed by atoms with E-state index in [4.69, 9.17) is 4.42 Å². The molecule has 1 aliphatic heterocycles. The van der Waals surface area contributed by atoms with Gasteiger partial charge in [-0.1, -0.05) is 0 Å². The van der Waals surface area contributed by atoms with E-state index >= 15 is 0 Å². The standard InChI is InChI=1S/C12H21N3O/c1-13-8-11-9-16-12(14-11)7-10-3-5-15(2)6-4-10/h9-10,13H,3-8H2,1-2H3. The first-order valence-electron chi connectivity index (χ1n) is 6.04. The molecule has 0 aromatic carbocycles. The molecule has 16 heavy (non-hydrogen) atoms. The maximum atomic E-state index is 5.48. The van der Waals surface area contributed by atoms with E-state index in [9.17, 15) is 0 Å². The van der Waals surface area contributed by atoms with Gasteiger partial charge in [0.1, 0.15) is 6.26 Å². The second-order valence-electron chi connectivity index (χ2n) is 4.71. The van der Waals surface area contributed by atoms with Crippen LogP contribution in [0.25, 0.3) is 0 Å². The lowest BCUT2D eigenvalue weighted by atomic mass is 9.94. The van der Waals surface area contributed by atoms with Crippen molar-refractivity contribution in [3.05, 3.63) is 17.8 Å². The molecule has 1 aromatic rings. The highest BCUT2D eigenvalue weighted by molar-refractivity contribution is 4.97. The normalized spacial score (nSPS) is 19.1. The van der Waals surface area contributed by atoms with Gasteiger partial charge in [-0.3, -0.25) is 0 Å². The molecule has 4 nitrogen and oxygen atoms in total. The second kappa shape index (κ2) is 5.46. The number of aromatic nitrogens is 1. The van der Waals surface area contributed by atoms with Crippen molar-refractivity contribution in [2.75, 3.05) is 27.2 Å². The van der Waals surface area contributed by atoms with E-state index < -0.39 is 0 Å². The van der Waals surface area contributed by atoms with E-state index in [0.717, 1.165) is 30.5 Å². The Morgan fingerprint density at radius 1 is 1.50 bits per heavy atom. The molecule has 90 valence electrons. The minimum Gasteiger partial charge on any atom is -0.449 e. The number of nitrogens with zero attached hydrogens (tertiary/aromatic N) is 2. The van der Waals surface area contributed by atoms with Crippen LogP contribution in [0.3, 0.4) is 0 Å². The molecule has 0 spiro atoms. The van der Waals surface area contributed by atoms with Crippen LogP contribution in [0.4, 0.5) is 0 Å². The second-order valence-corrected chi connectivity index (χ2v) is 4.71. The summed E-state index contributed by atoms with van der Waals surface area (Å²) in [6, 6.07) is 0. The van der Waals surface area contributed by atoms with Crippen LogP contribution in [0, 0.1) is 5.92 Å². The van der Waals surface area contributed by atoms with Gasteiger partial charge in [-0.25, -0.2) is 4.98 Å². The molecular weight excluding hydrogens is 202 g/mol. The molecule has 4 heteroatoms. The fourth-order valence-electron chi connectivity index (χ4n) is 2.22. The van der Waals surface area contributed by atoms with Crippen molar-refractivity contribution in [2.45, 2.75) is 25.8 Å². The Morgan fingerprint density at radius 2 is 2.25 bits per heavy atom. The maximum absolute atomic E-state index is 5.48. The third-order valence-electron chi connectivity index (χ3n) is 3.26. The largest absolute Gasteiger partial charge is 0.449 e. The predicted molar refractivity (Wildman–Crippen MR) is 63.2 cm³/mol. The average Bonchev–Trinajstić information content (AvgIpc) is 2.70. The Labute approximate surface area is 97.0 Å². The number of hydrogen-bond donors (Lipinski definition) is 1. The summed E-state index contributed by atoms with van der Waals surface area (Å²) in [5.74, 6) is 1.65. The molecule has 1 saturated heterocycles. The molecule has 0 amide bonds. The topological polar surface area (TPSA) is 41.3 Å². The van der Waals surface area contributed by atoms with Crippen LogP contribution >= 0.6 is 0 Å². The lowest BCUT2D eigenvalue weighted by Crippen LogP contribution is -2.31. The zero-order chi connectivity index (χ0) is 11.4. The van der Waals surface area contributed by atoms with E-state index in [0.29, 0.717) is 0 Å². The zero-order valence-electron chi connectivity index (χ0n) is 10.2. The van der Waals surface area contributed by atoms with Gasteiger partial charge >= 0.3 is 0 Å². The summed E-state index contributed by atoms with van der Waals surface area (Å²) in [6.07, 6.45) is 5.29. The number of piperidine rings is 1. The van der Waals surface area contributed by atoms with Crippen LogP contribution < -0.4 is 5.32 Å². The van der Waals surface area contributed by atoms with E-state index in [1.54, 1.807) is 6.26 Å². The summed E-state index contributed by atoms with van der Waals surface area (Å²) in [4.78, 5) is 6.86. The monoisotopic (exact) mass is 223 g/mol. The van der Waals surface area contributed by atoms with E-state index in [2.05, 4.69) is 22.2 Å². The molecule has 2 rings (SSSR count). The molecule has 0 aliphatic carbocycles. The average molecular weight is 223 g/mol. The molecule has 1 N–H and O–H groups in total. The van der Waals surface area contributed by atoms with Gasteiger partial charge in [-0.2, -0.15) is 0 Å². The van der Waals surface area contributed by atoms with Crippen LogP contribution in [-0.2, 0) is 13.0 Å². The highest BCUT2D eigenvalue weighted by Gasteiger charge is 2.18. The van der Waals surface area contributed by atoms with Crippen molar-refractivity contribution >= 4 is 0 Å². The van der Waals surface area contributed by atoms with Crippen molar-refractivity contribution in [1.29, 1.82) is 0 Å². The highest BCUT2D eigenvalue weighted by Crippen LogP contribution is 2.20. The van der Waals surface area contributed by atoms with Crippen molar-refractivity contribution in [2.24, 2.45) is 5.92 Å². The molecule has 2 heterocycles. The number of oxazole rings is 1. The first-order chi connectivity index (χ1) is 7.78. The maximum Gasteiger partial charge on any atom is 0.194 e. The predicted octanol–water partition coefficient (Wildman–Crippen LogP) is 1.28. The van der Waals surface area contributed by atoms with Gasteiger partial charge in [-0.15, -0.1) is 0 Å². The van der Waals surface area contributed by atoms with Gasteiger partial charge in [0.15, 0.2) is 5.89 Å². The minimum absolute atomic E-state index is 0.747. The highest BCUT2D eigenvalue weighted by atomic mass is 16.3. The van der Waals surface area contributed by atoms with Crippen molar-refractivity contribution in [3.63, 3.8) is 0 Å². The number of likely N-dealkylation sites (tertiary alicyclic amines) is 1. The molecule has 1 aromatic heterocycles. The fourth-order valence-corrected chi connectivity index (χ4v) is 2.22. The lowest BCUT2D eigenvalue weighted by molar-refractivity contribution is 0.212. The van der Waals surface area contributed by atoms with Gasteiger partial charge in [0, 0.05) is 13.0 Å². The molecule has 1 aliphatic rings. The van der Waals surface area contributed by atoms with Gasteiger partial charge in [-0.05, 0) is 45.9 Å². The van der Waals surface area contributed by atoms with Gasteiger partial charge in [0.05, 0.1) is 5.69 Å². The summed E-state index contributed by atoms with van der Waals surface area (Å²) >= 11 is 0. The summed E-state index contributed by atoms with van der Waals surface area (Å²) < 4.78 is 5.48. The smallest absolute Gasteiger partial charge is 0.194 e. The number of hydrogen-bond acceptors (Lipinski definition) is 4. The Bertz CT molecular complexity index is 316. The minimum atomic E-state index is 0.747. The Balaban J connectivity index is 1.83. The Kier molecular flexibility index (Phi) is 3.96. The summed E-state index contributed by atoms with van der Waals surface area (Å²) in [7, 11) is 4.11. The number of rotatable bonds is 4. The molecule has 0 unspecified atom stereocenters. The van der Waals surface area contributed by atoms with Gasteiger partial charge in [0.25, 0.3) is 0 Å². The van der Waals surface area contributed by atoms with Crippen LogP contribution in [0.15, 0.2) is 10.7 Å². The molecule has 0 radical (unpaired) electrons. The molecule has 0 atom stereocenters. The molecule has 1 fully saturated rings. The van der Waals surface area contributed by atoms with E-state index in [1.807, 2.05) is 7.05 Å². The molecule has 0 saturated carbocycles. The molecule has 0 bridgehead atoms. The van der Waals surface area contributed by atoms with Crippen molar-refractivity contribution in [3.8, 4) is 0 Å². The third kappa shape index (κ3) is 3.06. The lowest BCUT2D eigenvalue weighted by Gasteiger charge is -2.28. The summed E-state index contributed by atoms with van der Waals surface area (Å²) in [6.45, 7) is 3.19. The Morgan fingerprint density at radius 3 is 2.94 bits per heavy atom. The van der Waals surface area contributed by atoms with Crippen LogP contribution in [0.2, 0.25) is 0 Å². The van der Waals surface area contributed by atoms with Crippen LogP contribution in [0.1, 0.15) is 24.4 Å². The fraction of sp³-hybridized carbons (Fsp3) is 0.750. The molecular formula is C12H21N3O. The van der Waals surface area contributed by atoms with E-state index in [-0.39, 0.29) is 0 Å². The SMILES string of the molecule is CNCc1coc(CC2CCN(C)CC2)n1. The zero-order valence-corrected chi connectivity index (χ0v) is 10.2.